The van der Waals surface area contributed by atoms with Crippen LogP contribution in [-0.4, -0.2) is 66.3 Å². The third kappa shape index (κ3) is 5.28. The zero-order valence-electron chi connectivity index (χ0n) is 22.1. The molecule has 0 radical (unpaired) electrons. The van der Waals surface area contributed by atoms with E-state index in [4.69, 9.17) is 4.74 Å². The maximum absolute atomic E-state index is 13.9. The van der Waals surface area contributed by atoms with Gasteiger partial charge in [0.15, 0.2) is 0 Å². The summed E-state index contributed by atoms with van der Waals surface area (Å²) in [5.74, 6) is -0.00523. The highest BCUT2D eigenvalue weighted by Crippen LogP contribution is 2.47. The van der Waals surface area contributed by atoms with E-state index in [1.165, 1.54) is 6.42 Å². The van der Waals surface area contributed by atoms with Gasteiger partial charge in [0.25, 0.3) is 5.91 Å². The maximum atomic E-state index is 13.9. The van der Waals surface area contributed by atoms with Crippen LogP contribution in [0, 0.1) is 22.7 Å². The van der Waals surface area contributed by atoms with E-state index >= 15 is 0 Å². The highest BCUT2D eigenvalue weighted by atomic mass is 16.5. The van der Waals surface area contributed by atoms with Gasteiger partial charge in [-0.2, -0.15) is 5.26 Å². The number of nitriles is 1. The number of carbonyl (C=O) groups is 3. The Kier molecular flexibility index (Phi) is 7.70. The van der Waals surface area contributed by atoms with Gasteiger partial charge in [0.2, 0.25) is 5.91 Å². The molecule has 9 nitrogen and oxygen atoms in total. The fourth-order valence-corrected chi connectivity index (χ4v) is 6.68. The van der Waals surface area contributed by atoms with Crippen molar-refractivity contribution >= 4 is 28.5 Å². The summed E-state index contributed by atoms with van der Waals surface area (Å²) in [7, 11) is 1.60. The van der Waals surface area contributed by atoms with Crippen LogP contribution in [0.2, 0.25) is 0 Å². The van der Waals surface area contributed by atoms with Crippen LogP contribution < -0.4 is 15.4 Å². The number of rotatable bonds is 6. The number of aromatic amines is 1. The van der Waals surface area contributed by atoms with Crippen LogP contribution in [0.25, 0.3) is 10.9 Å². The number of hydrogen-bond acceptors (Lipinski definition) is 6. The number of hydrogen-bond donors (Lipinski definition) is 3. The third-order valence-electron chi connectivity index (χ3n) is 8.71. The van der Waals surface area contributed by atoms with Crippen LogP contribution in [0.3, 0.4) is 0 Å². The van der Waals surface area contributed by atoms with Crippen molar-refractivity contribution in [3.8, 4) is 11.8 Å². The molecule has 2 aromatic rings. The molecule has 3 fully saturated rings. The lowest BCUT2D eigenvalue weighted by molar-refractivity contribution is -0.126. The quantitative estimate of drug-likeness (QED) is 0.537. The molecule has 3 heterocycles. The van der Waals surface area contributed by atoms with Crippen LogP contribution >= 0.6 is 0 Å². The number of nitrogens with zero attached hydrogens (tertiary/aromatic N) is 2. The smallest absolute Gasteiger partial charge is 0.271 e. The minimum atomic E-state index is -0.772. The summed E-state index contributed by atoms with van der Waals surface area (Å²) in [6.45, 7) is 1.62. The summed E-state index contributed by atoms with van der Waals surface area (Å²) >= 11 is 0. The number of Topliss-reactive ketones (excluding diaryl/α,β-unsaturated/α-hetero) is 1. The number of benzene rings is 1. The minimum absolute atomic E-state index is 0.0787. The molecule has 1 aromatic carbocycles. The van der Waals surface area contributed by atoms with Gasteiger partial charge in [-0.25, -0.2) is 0 Å². The van der Waals surface area contributed by atoms with E-state index in [1.807, 2.05) is 18.2 Å². The van der Waals surface area contributed by atoms with Crippen molar-refractivity contribution in [2.75, 3.05) is 26.7 Å². The van der Waals surface area contributed by atoms with Crippen molar-refractivity contribution in [1.82, 2.24) is 20.5 Å². The predicted molar refractivity (Wildman–Crippen MR) is 143 cm³/mol. The Morgan fingerprint density at radius 3 is 2.84 bits per heavy atom. The lowest BCUT2D eigenvalue weighted by Gasteiger charge is -2.32. The number of aromatic nitrogens is 1. The topological polar surface area (TPSA) is 127 Å². The lowest BCUT2D eigenvalue weighted by atomic mass is 9.72. The van der Waals surface area contributed by atoms with Crippen LogP contribution in [0.1, 0.15) is 68.3 Å². The van der Waals surface area contributed by atoms with Gasteiger partial charge >= 0.3 is 0 Å². The van der Waals surface area contributed by atoms with E-state index in [-0.39, 0.29) is 28.9 Å². The first-order valence-electron chi connectivity index (χ1n) is 13.8. The normalized spacial score (nSPS) is 24.1. The molecule has 3 atom stereocenters. The lowest BCUT2D eigenvalue weighted by Crippen LogP contribution is -2.49. The molecule has 1 spiro atoms. The van der Waals surface area contributed by atoms with Gasteiger partial charge in [0.1, 0.15) is 29.3 Å². The van der Waals surface area contributed by atoms with Gasteiger partial charge in [0, 0.05) is 23.4 Å². The Balaban J connectivity index is 1.37. The van der Waals surface area contributed by atoms with E-state index in [9.17, 15) is 19.6 Å². The first-order valence-corrected chi connectivity index (χ1v) is 13.8. The predicted octanol–water partition coefficient (Wildman–Crippen LogP) is 3.31. The molecule has 3 unspecified atom stereocenters. The molecule has 1 aromatic heterocycles. The zero-order chi connectivity index (χ0) is 26.7. The average molecular weight is 520 g/mol. The Bertz CT molecular complexity index is 1240. The van der Waals surface area contributed by atoms with Crippen LogP contribution in [0.5, 0.6) is 5.75 Å². The summed E-state index contributed by atoms with van der Waals surface area (Å²) in [6, 6.07) is 8.17. The summed E-state index contributed by atoms with van der Waals surface area (Å²) in [4.78, 5) is 44.9. The maximum Gasteiger partial charge on any atom is 0.271 e. The number of ketones is 1. The molecule has 3 aliphatic rings. The fraction of sp³-hybridized carbons (Fsp3) is 0.586. The first-order chi connectivity index (χ1) is 18.4. The fourth-order valence-electron chi connectivity index (χ4n) is 6.68. The van der Waals surface area contributed by atoms with Gasteiger partial charge in [0.05, 0.1) is 19.7 Å². The van der Waals surface area contributed by atoms with Crippen LogP contribution in [0.4, 0.5) is 0 Å². The molecule has 1 saturated carbocycles. The molecule has 2 amide bonds. The monoisotopic (exact) mass is 519 g/mol. The minimum Gasteiger partial charge on any atom is -0.496 e. The molecule has 2 saturated heterocycles. The Morgan fingerprint density at radius 2 is 2.08 bits per heavy atom. The summed E-state index contributed by atoms with van der Waals surface area (Å²) < 4.78 is 5.46. The van der Waals surface area contributed by atoms with E-state index in [0.717, 1.165) is 49.6 Å². The molecule has 3 N–H and O–H groups in total. The molecule has 202 valence electrons. The van der Waals surface area contributed by atoms with Crippen molar-refractivity contribution in [3.63, 3.8) is 0 Å². The number of nitrogens with one attached hydrogen (secondary N) is 3. The van der Waals surface area contributed by atoms with Crippen molar-refractivity contribution in [3.05, 3.63) is 30.0 Å². The molecule has 38 heavy (non-hydrogen) atoms. The van der Waals surface area contributed by atoms with Crippen LogP contribution in [-0.2, 0) is 9.59 Å². The van der Waals surface area contributed by atoms with Gasteiger partial charge in [-0.05, 0) is 68.7 Å². The second-order valence-electron chi connectivity index (χ2n) is 11.2. The van der Waals surface area contributed by atoms with Crippen molar-refractivity contribution in [1.29, 1.82) is 5.26 Å². The molecule has 9 heteroatoms. The summed E-state index contributed by atoms with van der Waals surface area (Å²) in [5.41, 5.74) is 1.14. The number of fused-ring (bicyclic) bond motifs is 1. The second kappa shape index (κ2) is 11.2. The SMILES string of the molecule is COc1cccc2[nH]c(C(=O)N3CC4(CCCCC4)CC3C(=O)NC(C#N)CC3CCCNCC3=O)cc12. The molecular weight excluding hydrogens is 482 g/mol. The van der Waals surface area contributed by atoms with E-state index in [2.05, 4.69) is 21.7 Å². The van der Waals surface area contributed by atoms with Gasteiger partial charge in [-0.15, -0.1) is 0 Å². The van der Waals surface area contributed by atoms with Crippen molar-refractivity contribution < 1.29 is 19.1 Å². The number of carbonyl (C=O) groups excluding carboxylic acids is 3. The van der Waals surface area contributed by atoms with Gasteiger partial charge in [-0.3, -0.25) is 14.4 Å². The Labute approximate surface area is 223 Å². The highest BCUT2D eigenvalue weighted by Gasteiger charge is 2.49. The Morgan fingerprint density at radius 1 is 1.26 bits per heavy atom. The molecule has 5 rings (SSSR count). The van der Waals surface area contributed by atoms with E-state index < -0.39 is 12.1 Å². The van der Waals surface area contributed by atoms with E-state index in [0.29, 0.717) is 43.8 Å². The second-order valence-corrected chi connectivity index (χ2v) is 11.2. The van der Waals surface area contributed by atoms with Crippen LogP contribution in [0.15, 0.2) is 24.3 Å². The largest absolute Gasteiger partial charge is 0.496 e. The molecular formula is C29H37N5O4. The molecule has 1 aliphatic carbocycles. The van der Waals surface area contributed by atoms with Crippen molar-refractivity contribution in [2.24, 2.45) is 11.3 Å². The third-order valence-corrected chi connectivity index (χ3v) is 8.71. The number of amides is 2. The summed E-state index contributed by atoms with van der Waals surface area (Å²) in [5, 5.41) is 16.7. The molecule has 2 aliphatic heterocycles. The standard InChI is InChI=1S/C29H37N5O4/c1-38-26-9-5-8-22-21(26)14-23(33-22)28(37)34-18-29(10-3-2-4-11-29)15-24(34)27(36)32-20(16-30)13-19-7-6-12-31-17-25(19)35/h5,8-9,14,19-20,24,31,33H,2-4,6-7,10-13,15,17-18H2,1H3,(H,32,36). The molecule has 0 bridgehead atoms. The van der Waals surface area contributed by atoms with Gasteiger partial charge in [-0.1, -0.05) is 25.3 Å². The van der Waals surface area contributed by atoms with Gasteiger partial charge < -0.3 is 25.3 Å². The zero-order valence-corrected chi connectivity index (χ0v) is 22.1. The number of methoxy groups -OCH3 is 1. The number of ether oxygens (including phenoxy) is 1. The van der Waals surface area contributed by atoms with E-state index in [1.54, 1.807) is 18.1 Å². The average Bonchev–Trinajstić information content (AvgIpc) is 3.47. The number of H-pyrrole nitrogens is 1. The number of likely N-dealkylation sites (tertiary alicyclic amines) is 1. The summed E-state index contributed by atoms with van der Waals surface area (Å²) in [6.07, 6.45) is 7.83. The van der Waals surface area contributed by atoms with Crippen molar-refractivity contribution in [2.45, 2.75) is 69.9 Å². The highest BCUT2D eigenvalue weighted by molar-refractivity contribution is 6.02. The Hall–Kier alpha value is -3.38. The first kappa shape index (κ1) is 26.2.